The molecule has 5 heteroatoms. The molecule has 0 aromatic carbocycles. The van der Waals surface area contributed by atoms with Crippen LogP contribution in [0.4, 0.5) is 4.79 Å². The maximum Gasteiger partial charge on any atom is 0.326 e. The highest BCUT2D eigenvalue weighted by atomic mass is 16.4. The van der Waals surface area contributed by atoms with Crippen LogP contribution in [0, 0.1) is 5.92 Å². The maximum absolute atomic E-state index is 10.8. The lowest BCUT2D eigenvalue weighted by Crippen LogP contribution is -2.44. The SMILES string of the molecule is NC(=O)N[C@H](CC1CCCCC1)C(=O)O. The molecular weight excluding hydrogens is 196 g/mol. The number of rotatable bonds is 4. The number of primary amides is 1. The molecule has 0 radical (unpaired) electrons. The van der Waals surface area contributed by atoms with E-state index in [9.17, 15) is 9.59 Å². The largest absolute Gasteiger partial charge is 0.480 e. The molecule has 0 aromatic heterocycles. The molecule has 1 fully saturated rings. The molecule has 0 aliphatic heterocycles. The zero-order chi connectivity index (χ0) is 11.3. The first-order valence-electron chi connectivity index (χ1n) is 5.38. The van der Waals surface area contributed by atoms with Crippen LogP contribution in [0.3, 0.4) is 0 Å². The highest BCUT2D eigenvalue weighted by molar-refractivity contribution is 5.81. The van der Waals surface area contributed by atoms with Crippen LogP contribution in [0.2, 0.25) is 0 Å². The van der Waals surface area contributed by atoms with Gasteiger partial charge in [0.2, 0.25) is 0 Å². The maximum atomic E-state index is 10.8. The molecular formula is C10H18N2O3. The van der Waals surface area contributed by atoms with E-state index < -0.39 is 18.0 Å². The monoisotopic (exact) mass is 214 g/mol. The zero-order valence-electron chi connectivity index (χ0n) is 8.74. The first-order valence-corrected chi connectivity index (χ1v) is 5.38. The third-order valence-electron chi connectivity index (χ3n) is 2.91. The van der Waals surface area contributed by atoms with Crippen LogP contribution >= 0.6 is 0 Å². The molecule has 0 spiro atoms. The number of carboxylic acid groups (broad SMARTS) is 1. The van der Waals surface area contributed by atoms with Crippen molar-refractivity contribution in [3.63, 3.8) is 0 Å². The van der Waals surface area contributed by atoms with Gasteiger partial charge < -0.3 is 16.2 Å². The van der Waals surface area contributed by atoms with Gasteiger partial charge in [-0.1, -0.05) is 32.1 Å². The molecule has 15 heavy (non-hydrogen) atoms. The lowest BCUT2D eigenvalue weighted by Gasteiger charge is -2.24. The van der Waals surface area contributed by atoms with Gasteiger partial charge in [0.25, 0.3) is 0 Å². The Labute approximate surface area is 89.0 Å². The van der Waals surface area contributed by atoms with E-state index in [1.54, 1.807) is 0 Å². The number of urea groups is 1. The minimum absolute atomic E-state index is 0.409. The van der Waals surface area contributed by atoms with Gasteiger partial charge in [0.1, 0.15) is 6.04 Å². The Morgan fingerprint density at radius 3 is 2.40 bits per heavy atom. The van der Waals surface area contributed by atoms with Crippen molar-refractivity contribution in [1.29, 1.82) is 0 Å². The zero-order valence-corrected chi connectivity index (χ0v) is 8.74. The molecule has 1 rings (SSSR count). The van der Waals surface area contributed by atoms with Crippen molar-refractivity contribution in [3.05, 3.63) is 0 Å². The van der Waals surface area contributed by atoms with Crippen LogP contribution in [-0.4, -0.2) is 23.1 Å². The van der Waals surface area contributed by atoms with E-state index in [-0.39, 0.29) is 0 Å². The summed E-state index contributed by atoms with van der Waals surface area (Å²) >= 11 is 0. The Balaban J connectivity index is 2.42. The third-order valence-corrected chi connectivity index (χ3v) is 2.91. The number of carbonyl (C=O) groups excluding carboxylic acids is 1. The summed E-state index contributed by atoms with van der Waals surface area (Å²) in [6, 6.07) is -1.59. The first-order chi connectivity index (χ1) is 7.09. The van der Waals surface area contributed by atoms with Gasteiger partial charge in [0.05, 0.1) is 0 Å². The van der Waals surface area contributed by atoms with Crippen LogP contribution in [0.15, 0.2) is 0 Å². The molecule has 4 N–H and O–H groups in total. The van der Waals surface area contributed by atoms with E-state index in [1.165, 1.54) is 6.42 Å². The van der Waals surface area contributed by atoms with Crippen LogP contribution in [0.1, 0.15) is 38.5 Å². The number of nitrogens with one attached hydrogen (secondary N) is 1. The van der Waals surface area contributed by atoms with Crippen LogP contribution in [0.5, 0.6) is 0 Å². The van der Waals surface area contributed by atoms with E-state index >= 15 is 0 Å². The molecule has 1 aliphatic rings. The molecule has 1 atom stereocenters. The molecule has 0 aromatic rings. The van der Waals surface area contributed by atoms with E-state index in [0.29, 0.717) is 12.3 Å². The van der Waals surface area contributed by atoms with Gasteiger partial charge in [0.15, 0.2) is 0 Å². The van der Waals surface area contributed by atoms with Gasteiger partial charge in [-0.15, -0.1) is 0 Å². The molecule has 1 saturated carbocycles. The summed E-state index contributed by atoms with van der Waals surface area (Å²) < 4.78 is 0. The third kappa shape index (κ3) is 4.18. The highest BCUT2D eigenvalue weighted by Gasteiger charge is 2.24. The molecule has 0 bridgehead atoms. The fourth-order valence-electron chi connectivity index (χ4n) is 2.15. The number of aliphatic carboxylic acids is 1. The summed E-state index contributed by atoms with van der Waals surface area (Å²) in [5, 5.41) is 11.1. The number of carbonyl (C=O) groups is 2. The Kier molecular flexibility index (Phi) is 4.39. The van der Waals surface area contributed by atoms with Crippen molar-refractivity contribution in [2.75, 3.05) is 0 Å². The van der Waals surface area contributed by atoms with Gasteiger partial charge >= 0.3 is 12.0 Å². The number of hydrogen-bond donors (Lipinski definition) is 3. The van der Waals surface area contributed by atoms with Gasteiger partial charge in [0, 0.05) is 0 Å². The second-order valence-electron chi connectivity index (χ2n) is 4.14. The minimum atomic E-state index is -1.00. The standard InChI is InChI=1S/C10H18N2O3/c11-10(15)12-8(9(13)14)6-7-4-2-1-3-5-7/h7-8H,1-6H2,(H,13,14)(H3,11,12,15)/t8-/m1/s1. The Bertz CT molecular complexity index is 237. The van der Waals surface area contributed by atoms with Crippen molar-refractivity contribution >= 4 is 12.0 Å². The van der Waals surface area contributed by atoms with E-state index in [2.05, 4.69) is 5.32 Å². The fourth-order valence-corrected chi connectivity index (χ4v) is 2.15. The normalized spacial score (nSPS) is 19.5. The summed E-state index contributed by atoms with van der Waals surface area (Å²) in [5.74, 6) is -0.592. The first kappa shape index (κ1) is 11.8. The lowest BCUT2D eigenvalue weighted by molar-refractivity contribution is -0.139. The van der Waals surface area contributed by atoms with Gasteiger partial charge in [-0.05, 0) is 12.3 Å². The van der Waals surface area contributed by atoms with Gasteiger partial charge in [-0.3, -0.25) is 0 Å². The fraction of sp³-hybridized carbons (Fsp3) is 0.800. The Morgan fingerprint density at radius 1 is 1.33 bits per heavy atom. The molecule has 1 aliphatic carbocycles. The van der Waals surface area contributed by atoms with Crippen molar-refractivity contribution in [2.45, 2.75) is 44.6 Å². The molecule has 2 amide bonds. The second-order valence-corrected chi connectivity index (χ2v) is 4.14. The average Bonchev–Trinajstić information content (AvgIpc) is 2.17. The summed E-state index contributed by atoms with van der Waals surface area (Å²) in [5.41, 5.74) is 4.92. The number of carboxylic acids is 1. The van der Waals surface area contributed by atoms with Crippen molar-refractivity contribution < 1.29 is 14.7 Å². The Hall–Kier alpha value is -1.26. The Morgan fingerprint density at radius 2 is 1.93 bits per heavy atom. The number of nitrogens with two attached hydrogens (primary N) is 1. The molecule has 0 saturated heterocycles. The van der Waals surface area contributed by atoms with E-state index in [4.69, 9.17) is 10.8 Å². The molecule has 0 unspecified atom stereocenters. The van der Waals surface area contributed by atoms with Crippen LogP contribution in [-0.2, 0) is 4.79 Å². The average molecular weight is 214 g/mol. The highest BCUT2D eigenvalue weighted by Crippen LogP contribution is 2.27. The van der Waals surface area contributed by atoms with E-state index in [0.717, 1.165) is 25.7 Å². The topological polar surface area (TPSA) is 92.4 Å². The number of hydrogen-bond acceptors (Lipinski definition) is 2. The molecule has 5 nitrogen and oxygen atoms in total. The summed E-state index contributed by atoms with van der Waals surface area (Å²) in [6.07, 6.45) is 6.17. The van der Waals surface area contributed by atoms with Crippen LogP contribution < -0.4 is 11.1 Å². The van der Waals surface area contributed by atoms with Crippen molar-refractivity contribution in [2.24, 2.45) is 11.7 Å². The molecule has 86 valence electrons. The number of amides is 2. The smallest absolute Gasteiger partial charge is 0.326 e. The van der Waals surface area contributed by atoms with Crippen molar-refractivity contribution in [3.8, 4) is 0 Å². The predicted octanol–water partition coefficient (Wildman–Crippen LogP) is 1.08. The van der Waals surface area contributed by atoms with Gasteiger partial charge in [-0.2, -0.15) is 0 Å². The summed E-state index contributed by atoms with van der Waals surface area (Å²) in [4.78, 5) is 21.4. The van der Waals surface area contributed by atoms with E-state index in [1.807, 2.05) is 0 Å². The van der Waals surface area contributed by atoms with Crippen molar-refractivity contribution in [1.82, 2.24) is 5.32 Å². The summed E-state index contributed by atoms with van der Waals surface area (Å²) in [7, 11) is 0. The van der Waals surface area contributed by atoms with Gasteiger partial charge in [-0.25, -0.2) is 9.59 Å². The van der Waals surface area contributed by atoms with Crippen LogP contribution in [0.25, 0.3) is 0 Å². The molecule has 0 heterocycles. The summed E-state index contributed by atoms with van der Waals surface area (Å²) in [6.45, 7) is 0. The minimum Gasteiger partial charge on any atom is -0.480 e. The second kappa shape index (κ2) is 5.58. The predicted molar refractivity (Wildman–Crippen MR) is 55.3 cm³/mol. The quantitative estimate of drug-likeness (QED) is 0.653. The lowest BCUT2D eigenvalue weighted by atomic mass is 9.85.